The van der Waals surface area contributed by atoms with E-state index >= 15 is 0 Å². The molecule has 0 fully saturated rings. The third-order valence-electron chi connectivity index (χ3n) is 4.06. The van der Waals surface area contributed by atoms with Gasteiger partial charge in [-0.3, -0.25) is 4.79 Å². The zero-order chi connectivity index (χ0) is 20.7. The number of rotatable bonds is 12. The summed E-state index contributed by atoms with van der Waals surface area (Å²) in [5, 5.41) is 9.45. The molecular formula is C22H33IN4O3. The van der Waals surface area contributed by atoms with Gasteiger partial charge in [-0.15, -0.1) is 24.0 Å². The number of halogens is 1. The Bertz CT molecular complexity index is 733. The second kappa shape index (κ2) is 15.7. The molecule has 0 unspecified atom stereocenters. The number of hydrogen-bond acceptors (Lipinski definition) is 4. The Labute approximate surface area is 196 Å². The van der Waals surface area contributed by atoms with Gasteiger partial charge in [0.1, 0.15) is 12.4 Å². The van der Waals surface area contributed by atoms with Crippen LogP contribution in [0, 0.1) is 0 Å². The third-order valence-corrected chi connectivity index (χ3v) is 4.06. The number of carbonyl (C=O) groups excluding carboxylic acids is 1. The van der Waals surface area contributed by atoms with E-state index in [2.05, 4.69) is 20.9 Å². The zero-order valence-corrected chi connectivity index (χ0v) is 20.1. The molecule has 0 atom stereocenters. The molecule has 0 aliphatic heterocycles. The molecule has 2 rings (SSSR count). The summed E-state index contributed by atoms with van der Waals surface area (Å²) >= 11 is 0. The molecule has 0 bridgehead atoms. The summed E-state index contributed by atoms with van der Waals surface area (Å²) in [6.45, 7) is 7.31. The maximum absolute atomic E-state index is 11.6. The molecule has 0 saturated heterocycles. The van der Waals surface area contributed by atoms with Crippen molar-refractivity contribution < 1.29 is 13.9 Å². The monoisotopic (exact) mass is 528 g/mol. The highest BCUT2D eigenvalue weighted by Crippen LogP contribution is 2.11. The number of ether oxygens (including phenoxy) is 1. The van der Waals surface area contributed by atoms with Gasteiger partial charge in [-0.05, 0) is 49.6 Å². The second-order valence-corrected chi connectivity index (χ2v) is 6.60. The van der Waals surface area contributed by atoms with Gasteiger partial charge in [0.25, 0.3) is 0 Å². The standard InChI is InChI=1S/C22H32N4O3.HI/c1-3-7-21(27)26-19-11-9-18(10-12-19)16-25-22(23-4-2)24-13-6-14-28-17-20-8-5-15-29-20;/h5,8-12,15H,3-4,6-7,13-14,16-17H2,1-2H3,(H,26,27)(H2,23,24,25);1H. The highest BCUT2D eigenvalue weighted by Gasteiger charge is 2.02. The van der Waals surface area contributed by atoms with Crippen molar-refractivity contribution in [2.75, 3.05) is 25.0 Å². The minimum atomic E-state index is 0. The molecule has 1 aromatic carbocycles. The Balaban J connectivity index is 0.00000450. The Morgan fingerprint density at radius 2 is 1.93 bits per heavy atom. The molecule has 0 aliphatic carbocycles. The first kappa shape index (κ1) is 26.0. The highest BCUT2D eigenvalue weighted by atomic mass is 127. The van der Waals surface area contributed by atoms with Gasteiger partial charge in [-0.25, -0.2) is 4.99 Å². The molecule has 7 nitrogen and oxygen atoms in total. The molecule has 1 amide bonds. The van der Waals surface area contributed by atoms with Crippen LogP contribution in [0.1, 0.15) is 44.4 Å². The summed E-state index contributed by atoms with van der Waals surface area (Å²) in [6.07, 6.45) is 3.90. The minimum absolute atomic E-state index is 0. The Morgan fingerprint density at radius 1 is 1.13 bits per heavy atom. The molecule has 1 heterocycles. The van der Waals surface area contributed by atoms with Crippen molar-refractivity contribution in [2.45, 2.75) is 46.3 Å². The summed E-state index contributed by atoms with van der Waals surface area (Å²) in [4.78, 5) is 16.3. The fraction of sp³-hybridized carbons (Fsp3) is 0.455. The number of amides is 1. The van der Waals surface area contributed by atoms with E-state index in [9.17, 15) is 4.79 Å². The van der Waals surface area contributed by atoms with Gasteiger partial charge >= 0.3 is 0 Å². The molecule has 30 heavy (non-hydrogen) atoms. The molecule has 1 aromatic heterocycles. The predicted molar refractivity (Wildman–Crippen MR) is 131 cm³/mol. The van der Waals surface area contributed by atoms with E-state index in [1.54, 1.807) is 6.26 Å². The lowest BCUT2D eigenvalue weighted by Crippen LogP contribution is -2.38. The number of nitrogens with zero attached hydrogens (tertiary/aromatic N) is 1. The van der Waals surface area contributed by atoms with Crippen LogP contribution in [0.15, 0.2) is 52.1 Å². The van der Waals surface area contributed by atoms with Crippen molar-refractivity contribution in [3.63, 3.8) is 0 Å². The van der Waals surface area contributed by atoms with Crippen LogP contribution in [-0.4, -0.2) is 31.6 Å². The van der Waals surface area contributed by atoms with Crippen LogP contribution < -0.4 is 16.0 Å². The molecule has 0 saturated carbocycles. The number of nitrogens with one attached hydrogen (secondary N) is 3. The van der Waals surface area contributed by atoms with Crippen LogP contribution in [0.5, 0.6) is 0 Å². The number of anilines is 1. The normalized spacial score (nSPS) is 10.9. The largest absolute Gasteiger partial charge is 0.467 e. The molecule has 8 heteroatoms. The lowest BCUT2D eigenvalue weighted by atomic mass is 10.2. The number of benzene rings is 1. The average molecular weight is 528 g/mol. The van der Waals surface area contributed by atoms with Crippen LogP contribution in [-0.2, 0) is 22.7 Å². The van der Waals surface area contributed by atoms with Crippen molar-refractivity contribution in [3.05, 3.63) is 54.0 Å². The van der Waals surface area contributed by atoms with Crippen LogP contribution in [0.2, 0.25) is 0 Å². The van der Waals surface area contributed by atoms with Gasteiger partial charge in [-0.1, -0.05) is 19.1 Å². The highest BCUT2D eigenvalue weighted by molar-refractivity contribution is 14.0. The molecule has 0 spiro atoms. The zero-order valence-electron chi connectivity index (χ0n) is 17.8. The maximum atomic E-state index is 11.6. The quantitative estimate of drug-likeness (QED) is 0.166. The summed E-state index contributed by atoms with van der Waals surface area (Å²) in [6, 6.07) is 11.5. The molecule has 3 N–H and O–H groups in total. The molecule has 0 radical (unpaired) electrons. The molecule has 166 valence electrons. The Hall–Kier alpha value is -2.07. The van der Waals surface area contributed by atoms with E-state index in [4.69, 9.17) is 9.15 Å². The lowest BCUT2D eigenvalue weighted by molar-refractivity contribution is -0.116. The van der Waals surface area contributed by atoms with Gasteiger partial charge in [0.05, 0.1) is 12.8 Å². The van der Waals surface area contributed by atoms with Crippen molar-refractivity contribution in [3.8, 4) is 0 Å². The topological polar surface area (TPSA) is 87.9 Å². The first-order valence-electron chi connectivity index (χ1n) is 10.2. The van der Waals surface area contributed by atoms with Crippen molar-refractivity contribution in [1.82, 2.24) is 10.6 Å². The van der Waals surface area contributed by atoms with E-state index in [0.717, 1.165) is 48.9 Å². The smallest absolute Gasteiger partial charge is 0.224 e. The van der Waals surface area contributed by atoms with Gasteiger partial charge in [-0.2, -0.15) is 0 Å². The third kappa shape index (κ3) is 10.6. The summed E-state index contributed by atoms with van der Waals surface area (Å²) in [5.74, 6) is 1.66. The van der Waals surface area contributed by atoms with Crippen LogP contribution in [0.3, 0.4) is 0 Å². The minimum Gasteiger partial charge on any atom is -0.467 e. The van der Waals surface area contributed by atoms with Crippen LogP contribution in [0.4, 0.5) is 5.69 Å². The first-order valence-corrected chi connectivity index (χ1v) is 10.2. The number of furan rings is 1. The summed E-state index contributed by atoms with van der Waals surface area (Å²) < 4.78 is 10.8. The number of carbonyl (C=O) groups is 1. The number of hydrogen-bond donors (Lipinski definition) is 3. The fourth-order valence-corrected chi connectivity index (χ4v) is 2.60. The fourth-order valence-electron chi connectivity index (χ4n) is 2.60. The molecule has 2 aromatic rings. The van der Waals surface area contributed by atoms with E-state index < -0.39 is 0 Å². The lowest BCUT2D eigenvalue weighted by Gasteiger charge is -2.11. The Kier molecular flexibility index (Phi) is 13.6. The van der Waals surface area contributed by atoms with E-state index in [1.807, 2.05) is 50.2 Å². The number of aliphatic imine (C=N–C) groups is 1. The molecular weight excluding hydrogens is 495 g/mol. The van der Waals surface area contributed by atoms with Gasteiger partial charge in [0, 0.05) is 31.8 Å². The van der Waals surface area contributed by atoms with Crippen molar-refractivity contribution in [1.29, 1.82) is 0 Å². The van der Waals surface area contributed by atoms with Gasteiger partial charge in [0.2, 0.25) is 5.91 Å². The van der Waals surface area contributed by atoms with Crippen molar-refractivity contribution >= 4 is 41.5 Å². The first-order chi connectivity index (χ1) is 14.2. The van der Waals surface area contributed by atoms with Crippen LogP contribution in [0.25, 0.3) is 0 Å². The van der Waals surface area contributed by atoms with Gasteiger partial charge in [0.15, 0.2) is 5.96 Å². The summed E-state index contributed by atoms with van der Waals surface area (Å²) in [5.41, 5.74) is 1.90. The van der Waals surface area contributed by atoms with Crippen LogP contribution >= 0.6 is 24.0 Å². The van der Waals surface area contributed by atoms with E-state index in [1.165, 1.54) is 0 Å². The van der Waals surface area contributed by atoms with Gasteiger partial charge < -0.3 is 25.1 Å². The average Bonchev–Trinajstić information content (AvgIpc) is 3.23. The maximum Gasteiger partial charge on any atom is 0.224 e. The predicted octanol–water partition coefficient (Wildman–Crippen LogP) is 4.30. The van der Waals surface area contributed by atoms with Crippen molar-refractivity contribution in [2.24, 2.45) is 4.99 Å². The molecule has 0 aliphatic rings. The van der Waals surface area contributed by atoms with E-state index in [0.29, 0.717) is 26.2 Å². The number of guanidine groups is 1. The SMILES string of the molecule is CCCC(=O)Nc1ccc(CN=C(NCC)NCCCOCc2ccco2)cc1.I. The summed E-state index contributed by atoms with van der Waals surface area (Å²) in [7, 11) is 0. The second-order valence-electron chi connectivity index (χ2n) is 6.60. The Morgan fingerprint density at radius 3 is 2.60 bits per heavy atom. The van der Waals surface area contributed by atoms with E-state index in [-0.39, 0.29) is 29.9 Å².